The van der Waals surface area contributed by atoms with E-state index >= 15 is 0 Å². The Labute approximate surface area is 121 Å². The van der Waals surface area contributed by atoms with E-state index in [2.05, 4.69) is 27.6 Å². The summed E-state index contributed by atoms with van der Waals surface area (Å²) in [5.74, 6) is 2.48. The normalized spacial score (nSPS) is 23.6. The van der Waals surface area contributed by atoms with Gasteiger partial charge >= 0.3 is 0 Å². The highest BCUT2D eigenvalue weighted by molar-refractivity contribution is 5.79. The minimum Gasteiger partial charge on any atom is -0.356 e. The molecule has 5 heteroatoms. The molecule has 1 fully saturated rings. The Morgan fingerprint density at radius 3 is 2.85 bits per heavy atom. The third-order valence-electron chi connectivity index (χ3n) is 4.40. The van der Waals surface area contributed by atoms with Gasteiger partial charge < -0.3 is 10.6 Å². The van der Waals surface area contributed by atoms with Crippen LogP contribution >= 0.6 is 0 Å². The van der Waals surface area contributed by atoms with Crippen molar-refractivity contribution in [2.45, 2.75) is 39.2 Å². The first-order valence-corrected chi connectivity index (χ1v) is 7.62. The van der Waals surface area contributed by atoms with Crippen LogP contribution in [-0.2, 0) is 13.6 Å². The zero-order valence-electron chi connectivity index (χ0n) is 12.9. The van der Waals surface area contributed by atoms with E-state index in [0.717, 1.165) is 36.6 Å². The van der Waals surface area contributed by atoms with E-state index in [0.29, 0.717) is 0 Å². The van der Waals surface area contributed by atoms with E-state index in [9.17, 15) is 0 Å². The fourth-order valence-corrected chi connectivity index (χ4v) is 2.89. The quantitative estimate of drug-likeness (QED) is 0.653. The minimum atomic E-state index is 0.746. The number of aromatic nitrogens is 2. The largest absolute Gasteiger partial charge is 0.356 e. The number of aliphatic imine (C=N–C) groups is 1. The van der Waals surface area contributed by atoms with Crippen LogP contribution in [0.25, 0.3) is 0 Å². The summed E-state index contributed by atoms with van der Waals surface area (Å²) in [6, 6.07) is 2.02. The van der Waals surface area contributed by atoms with Crippen LogP contribution < -0.4 is 10.6 Å². The van der Waals surface area contributed by atoms with E-state index in [4.69, 9.17) is 0 Å². The molecule has 2 unspecified atom stereocenters. The Hall–Kier alpha value is -1.52. The van der Waals surface area contributed by atoms with Gasteiger partial charge in [0.2, 0.25) is 0 Å². The Bertz CT molecular complexity index is 437. The summed E-state index contributed by atoms with van der Waals surface area (Å²) in [7, 11) is 3.78. The smallest absolute Gasteiger partial charge is 0.191 e. The molecular formula is C15H27N5. The maximum absolute atomic E-state index is 4.29. The molecule has 2 atom stereocenters. The predicted octanol–water partition coefficient (Wildman–Crippen LogP) is 1.91. The highest BCUT2D eigenvalue weighted by Crippen LogP contribution is 2.28. The predicted molar refractivity (Wildman–Crippen MR) is 82.5 cm³/mol. The lowest BCUT2D eigenvalue weighted by Crippen LogP contribution is -2.41. The zero-order valence-corrected chi connectivity index (χ0v) is 12.9. The molecule has 2 N–H and O–H groups in total. The molecule has 0 saturated heterocycles. The molecule has 1 aromatic rings. The van der Waals surface area contributed by atoms with Crippen LogP contribution in [0.4, 0.5) is 0 Å². The second-order valence-corrected chi connectivity index (χ2v) is 5.77. The fraction of sp³-hybridized carbons (Fsp3) is 0.733. The van der Waals surface area contributed by atoms with Crippen LogP contribution in [0.2, 0.25) is 0 Å². The van der Waals surface area contributed by atoms with Gasteiger partial charge in [0.1, 0.15) is 0 Å². The van der Waals surface area contributed by atoms with Gasteiger partial charge in [0.15, 0.2) is 5.96 Å². The SMILES string of the molecule is CN=C(NCc1ccnn1C)NCC1CCCCC1C. The van der Waals surface area contributed by atoms with Crippen molar-refractivity contribution in [1.29, 1.82) is 0 Å². The fourth-order valence-electron chi connectivity index (χ4n) is 2.89. The van der Waals surface area contributed by atoms with Gasteiger partial charge in [-0.1, -0.05) is 26.2 Å². The lowest BCUT2D eigenvalue weighted by molar-refractivity contribution is 0.256. The van der Waals surface area contributed by atoms with E-state index in [1.807, 2.05) is 31.0 Å². The molecule has 1 aliphatic rings. The summed E-state index contributed by atoms with van der Waals surface area (Å²) in [5, 5.41) is 11.0. The Morgan fingerprint density at radius 2 is 2.20 bits per heavy atom. The first kappa shape index (κ1) is 14.9. The van der Waals surface area contributed by atoms with Crippen LogP contribution in [0.1, 0.15) is 38.3 Å². The molecule has 1 heterocycles. The van der Waals surface area contributed by atoms with Crippen LogP contribution in [0, 0.1) is 11.8 Å². The summed E-state index contributed by atoms with van der Waals surface area (Å²) in [5.41, 5.74) is 1.15. The summed E-state index contributed by atoms with van der Waals surface area (Å²) >= 11 is 0. The Balaban J connectivity index is 1.76. The Morgan fingerprint density at radius 1 is 1.40 bits per heavy atom. The number of aryl methyl sites for hydroxylation is 1. The number of nitrogens with one attached hydrogen (secondary N) is 2. The van der Waals surface area contributed by atoms with Crippen molar-refractivity contribution in [2.24, 2.45) is 23.9 Å². The molecule has 5 nitrogen and oxygen atoms in total. The molecule has 2 rings (SSSR count). The molecule has 1 aliphatic carbocycles. The van der Waals surface area contributed by atoms with E-state index in [1.165, 1.54) is 25.7 Å². The molecule has 0 amide bonds. The average Bonchev–Trinajstić information content (AvgIpc) is 2.86. The van der Waals surface area contributed by atoms with Gasteiger partial charge in [0.25, 0.3) is 0 Å². The number of hydrogen-bond donors (Lipinski definition) is 2. The molecular weight excluding hydrogens is 250 g/mol. The standard InChI is InChI=1S/C15H27N5/c1-12-6-4-5-7-13(12)10-17-15(16-2)18-11-14-8-9-19-20(14)3/h8-9,12-13H,4-7,10-11H2,1-3H3,(H2,16,17,18). The highest BCUT2D eigenvalue weighted by Gasteiger charge is 2.21. The molecule has 112 valence electrons. The average molecular weight is 277 g/mol. The topological polar surface area (TPSA) is 54.2 Å². The third kappa shape index (κ3) is 3.99. The number of nitrogens with zero attached hydrogens (tertiary/aromatic N) is 3. The van der Waals surface area contributed by atoms with Crippen molar-refractivity contribution < 1.29 is 0 Å². The molecule has 0 bridgehead atoms. The first-order chi connectivity index (χ1) is 9.70. The molecule has 0 aromatic carbocycles. The van der Waals surface area contributed by atoms with Crippen molar-refractivity contribution in [1.82, 2.24) is 20.4 Å². The van der Waals surface area contributed by atoms with Crippen LogP contribution in [0.15, 0.2) is 17.3 Å². The third-order valence-corrected chi connectivity index (χ3v) is 4.40. The highest BCUT2D eigenvalue weighted by atomic mass is 15.3. The summed E-state index contributed by atoms with van der Waals surface area (Å²) in [6.45, 7) is 4.14. The van der Waals surface area contributed by atoms with Gasteiger partial charge in [-0.25, -0.2) is 0 Å². The van der Waals surface area contributed by atoms with E-state index in [1.54, 1.807) is 0 Å². The van der Waals surface area contributed by atoms with Crippen molar-refractivity contribution in [3.05, 3.63) is 18.0 Å². The van der Waals surface area contributed by atoms with Gasteiger partial charge in [-0.3, -0.25) is 9.67 Å². The monoisotopic (exact) mass is 277 g/mol. The van der Waals surface area contributed by atoms with Crippen molar-refractivity contribution in [3.8, 4) is 0 Å². The minimum absolute atomic E-state index is 0.746. The first-order valence-electron chi connectivity index (χ1n) is 7.62. The van der Waals surface area contributed by atoms with Crippen molar-refractivity contribution in [2.75, 3.05) is 13.6 Å². The molecule has 20 heavy (non-hydrogen) atoms. The lowest BCUT2D eigenvalue weighted by Gasteiger charge is -2.29. The Kier molecular flexibility index (Phi) is 5.44. The number of rotatable bonds is 4. The van der Waals surface area contributed by atoms with Crippen LogP contribution in [0.5, 0.6) is 0 Å². The second kappa shape index (κ2) is 7.31. The summed E-state index contributed by atoms with van der Waals surface area (Å²) in [4.78, 5) is 4.29. The van der Waals surface area contributed by atoms with Gasteiger partial charge in [-0.15, -0.1) is 0 Å². The molecule has 0 radical (unpaired) electrons. The number of guanidine groups is 1. The van der Waals surface area contributed by atoms with Crippen molar-refractivity contribution in [3.63, 3.8) is 0 Å². The summed E-state index contributed by atoms with van der Waals surface area (Å²) < 4.78 is 1.88. The van der Waals surface area contributed by atoms with Gasteiger partial charge in [0, 0.05) is 26.8 Å². The lowest BCUT2D eigenvalue weighted by atomic mass is 9.80. The molecule has 1 saturated carbocycles. The second-order valence-electron chi connectivity index (χ2n) is 5.77. The number of hydrogen-bond acceptors (Lipinski definition) is 2. The molecule has 0 aliphatic heterocycles. The molecule has 1 aromatic heterocycles. The maximum atomic E-state index is 4.29. The summed E-state index contributed by atoms with van der Waals surface area (Å²) in [6.07, 6.45) is 7.29. The molecule has 0 spiro atoms. The zero-order chi connectivity index (χ0) is 14.4. The maximum Gasteiger partial charge on any atom is 0.191 e. The van der Waals surface area contributed by atoms with E-state index < -0.39 is 0 Å². The van der Waals surface area contributed by atoms with Crippen LogP contribution in [-0.4, -0.2) is 29.3 Å². The van der Waals surface area contributed by atoms with Gasteiger partial charge in [0.05, 0.1) is 12.2 Å². The van der Waals surface area contributed by atoms with Gasteiger partial charge in [-0.2, -0.15) is 5.10 Å². The van der Waals surface area contributed by atoms with Crippen LogP contribution in [0.3, 0.4) is 0 Å². The van der Waals surface area contributed by atoms with E-state index in [-0.39, 0.29) is 0 Å². The van der Waals surface area contributed by atoms with Gasteiger partial charge in [-0.05, 0) is 24.3 Å². The van der Waals surface area contributed by atoms with Crippen molar-refractivity contribution >= 4 is 5.96 Å².